The minimum atomic E-state index is 0.0621. The molecule has 0 atom stereocenters. The molecule has 0 aliphatic rings. The normalized spacial score (nSPS) is 9.12. The molecule has 1 amide bonds. The van der Waals surface area contributed by atoms with Gasteiger partial charge < -0.3 is 5.32 Å². The first-order chi connectivity index (χ1) is 8.05. The van der Waals surface area contributed by atoms with Gasteiger partial charge in [0.05, 0.1) is 0 Å². The quantitative estimate of drug-likeness (QED) is 0.748. The number of benzene rings is 1. The summed E-state index contributed by atoms with van der Waals surface area (Å²) in [4.78, 5) is 10.3. The van der Waals surface area contributed by atoms with Gasteiger partial charge in [0.25, 0.3) is 0 Å². The molecule has 0 unspecified atom stereocenters. The first kappa shape index (κ1) is 18.1. The van der Waals surface area contributed by atoms with Crippen LogP contribution < -0.4 is 5.32 Å². The van der Waals surface area contributed by atoms with E-state index in [-0.39, 0.29) is 5.41 Å². The molecular weight excluding hydrogens is 210 g/mol. The van der Waals surface area contributed by atoms with Crippen LogP contribution in [-0.4, -0.2) is 6.41 Å². The summed E-state index contributed by atoms with van der Waals surface area (Å²) in [5.41, 5.74) is 2.11. The Kier molecular flexibility index (Phi) is 10.5. The Bertz CT molecular complexity index is 300. The van der Waals surface area contributed by atoms with Gasteiger partial charge >= 0.3 is 0 Å². The SMILES string of the molecule is CC.CC.CC(C)(C)c1ccccc1NC=O. The summed E-state index contributed by atoms with van der Waals surface area (Å²) >= 11 is 0. The molecule has 0 fully saturated rings. The topological polar surface area (TPSA) is 29.1 Å². The molecule has 0 bridgehead atoms. The second kappa shape index (κ2) is 9.88. The third-order valence-corrected chi connectivity index (χ3v) is 1.95. The Morgan fingerprint density at radius 3 is 1.88 bits per heavy atom. The number of anilines is 1. The number of amides is 1. The third kappa shape index (κ3) is 6.77. The number of rotatable bonds is 2. The van der Waals surface area contributed by atoms with Gasteiger partial charge in [-0.3, -0.25) is 4.79 Å². The van der Waals surface area contributed by atoms with E-state index in [2.05, 4.69) is 26.1 Å². The van der Waals surface area contributed by atoms with Crippen molar-refractivity contribution in [1.82, 2.24) is 0 Å². The predicted octanol–water partition coefficient (Wildman–Crippen LogP) is 4.60. The molecule has 1 rings (SSSR count). The van der Waals surface area contributed by atoms with E-state index in [0.717, 1.165) is 11.3 Å². The number of carbonyl (C=O) groups excluding carboxylic acids is 1. The summed E-state index contributed by atoms with van der Waals surface area (Å²) in [6.45, 7) is 14.4. The lowest BCUT2D eigenvalue weighted by molar-refractivity contribution is -0.105. The molecule has 0 aliphatic carbocycles. The minimum Gasteiger partial charge on any atom is -0.328 e. The molecule has 1 N–H and O–H groups in total. The Morgan fingerprint density at radius 2 is 1.47 bits per heavy atom. The number of carbonyl (C=O) groups is 1. The standard InChI is InChI=1S/C11H15NO.2C2H6/c1-11(2,3)9-6-4-5-7-10(9)12-8-13;2*1-2/h4-8H,1-3H3,(H,12,13);2*1-2H3. The van der Waals surface area contributed by atoms with E-state index in [1.807, 2.05) is 52.0 Å². The molecule has 0 aromatic heterocycles. The highest BCUT2D eigenvalue weighted by Crippen LogP contribution is 2.28. The van der Waals surface area contributed by atoms with Crippen molar-refractivity contribution in [3.05, 3.63) is 29.8 Å². The summed E-state index contributed by atoms with van der Waals surface area (Å²) in [5, 5.41) is 2.70. The fourth-order valence-electron chi connectivity index (χ4n) is 1.33. The van der Waals surface area contributed by atoms with Crippen LogP contribution in [0.5, 0.6) is 0 Å². The molecule has 2 heteroatoms. The highest BCUT2D eigenvalue weighted by atomic mass is 16.1. The third-order valence-electron chi connectivity index (χ3n) is 1.95. The number of hydrogen-bond acceptors (Lipinski definition) is 1. The van der Waals surface area contributed by atoms with E-state index in [9.17, 15) is 4.79 Å². The Morgan fingerprint density at radius 1 is 1.00 bits per heavy atom. The van der Waals surface area contributed by atoms with Gasteiger partial charge in [-0.25, -0.2) is 0 Å². The first-order valence-electron chi connectivity index (χ1n) is 6.35. The van der Waals surface area contributed by atoms with E-state index in [0.29, 0.717) is 6.41 Å². The van der Waals surface area contributed by atoms with Gasteiger partial charge in [0.1, 0.15) is 0 Å². The zero-order valence-corrected chi connectivity index (χ0v) is 12.3. The molecule has 1 aromatic rings. The largest absolute Gasteiger partial charge is 0.328 e. The average molecular weight is 237 g/mol. The zero-order valence-electron chi connectivity index (χ0n) is 12.3. The van der Waals surface area contributed by atoms with Gasteiger partial charge in [0.15, 0.2) is 0 Å². The van der Waals surface area contributed by atoms with Crippen molar-refractivity contribution in [2.75, 3.05) is 5.32 Å². The molecule has 0 saturated heterocycles. The summed E-state index contributed by atoms with van der Waals surface area (Å²) < 4.78 is 0. The van der Waals surface area contributed by atoms with Crippen molar-refractivity contribution >= 4 is 12.1 Å². The first-order valence-corrected chi connectivity index (χ1v) is 6.35. The van der Waals surface area contributed by atoms with E-state index >= 15 is 0 Å². The lowest BCUT2D eigenvalue weighted by Crippen LogP contribution is -2.14. The van der Waals surface area contributed by atoms with E-state index in [4.69, 9.17) is 0 Å². The van der Waals surface area contributed by atoms with Crippen LogP contribution in [0.1, 0.15) is 54.0 Å². The molecule has 0 heterocycles. The van der Waals surface area contributed by atoms with Crippen molar-refractivity contribution in [1.29, 1.82) is 0 Å². The molecule has 0 radical (unpaired) electrons. The number of hydrogen-bond donors (Lipinski definition) is 1. The highest BCUT2D eigenvalue weighted by Gasteiger charge is 2.16. The van der Waals surface area contributed by atoms with Gasteiger partial charge in [0.2, 0.25) is 6.41 Å². The monoisotopic (exact) mass is 237 g/mol. The second-order valence-corrected chi connectivity index (χ2v) is 4.06. The molecule has 1 aromatic carbocycles. The van der Waals surface area contributed by atoms with Gasteiger partial charge in [-0.15, -0.1) is 0 Å². The Labute approximate surface area is 106 Å². The van der Waals surface area contributed by atoms with Crippen LogP contribution in [0.4, 0.5) is 5.69 Å². The maximum Gasteiger partial charge on any atom is 0.211 e. The van der Waals surface area contributed by atoms with Crippen LogP contribution in [-0.2, 0) is 10.2 Å². The van der Waals surface area contributed by atoms with Crippen molar-refractivity contribution in [2.45, 2.75) is 53.9 Å². The van der Waals surface area contributed by atoms with Crippen molar-refractivity contribution in [3.8, 4) is 0 Å². The van der Waals surface area contributed by atoms with Gasteiger partial charge in [-0.2, -0.15) is 0 Å². The summed E-state index contributed by atoms with van der Waals surface area (Å²) in [5.74, 6) is 0. The maximum absolute atomic E-state index is 10.3. The average Bonchev–Trinajstić information content (AvgIpc) is 2.34. The summed E-state index contributed by atoms with van der Waals surface area (Å²) in [6, 6.07) is 7.85. The van der Waals surface area contributed by atoms with E-state index < -0.39 is 0 Å². The van der Waals surface area contributed by atoms with Crippen LogP contribution in [0.3, 0.4) is 0 Å². The molecule has 17 heavy (non-hydrogen) atoms. The smallest absolute Gasteiger partial charge is 0.211 e. The van der Waals surface area contributed by atoms with Crippen LogP contribution >= 0.6 is 0 Å². The van der Waals surface area contributed by atoms with Crippen LogP contribution in [0.2, 0.25) is 0 Å². The van der Waals surface area contributed by atoms with Crippen molar-refractivity contribution in [2.24, 2.45) is 0 Å². The lowest BCUT2D eigenvalue weighted by Gasteiger charge is -2.21. The lowest BCUT2D eigenvalue weighted by atomic mass is 9.86. The summed E-state index contributed by atoms with van der Waals surface area (Å²) in [7, 11) is 0. The van der Waals surface area contributed by atoms with E-state index in [1.54, 1.807) is 0 Å². The molecule has 98 valence electrons. The Balaban J connectivity index is 0. The Hall–Kier alpha value is -1.31. The molecule has 0 saturated carbocycles. The van der Waals surface area contributed by atoms with Crippen molar-refractivity contribution in [3.63, 3.8) is 0 Å². The fourth-order valence-corrected chi connectivity index (χ4v) is 1.33. The molecule has 0 spiro atoms. The van der Waals surface area contributed by atoms with Gasteiger partial charge in [-0.05, 0) is 17.0 Å². The molecule has 0 aliphatic heterocycles. The van der Waals surface area contributed by atoms with E-state index in [1.165, 1.54) is 0 Å². The second-order valence-electron chi connectivity index (χ2n) is 4.06. The highest BCUT2D eigenvalue weighted by molar-refractivity contribution is 5.74. The minimum absolute atomic E-state index is 0.0621. The maximum atomic E-state index is 10.3. The van der Waals surface area contributed by atoms with Crippen LogP contribution in [0.15, 0.2) is 24.3 Å². The zero-order chi connectivity index (χ0) is 13.9. The van der Waals surface area contributed by atoms with Crippen LogP contribution in [0, 0.1) is 0 Å². The van der Waals surface area contributed by atoms with Gasteiger partial charge in [0, 0.05) is 5.69 Å². The van der Waals surface area contributed by atoms with Crippen molar-refractivity contribution < 1.29 is 4.79 Å². The molecular formula is C15H27NO. The number of para-hydroxylation sites is 1. The fraction of sp³-hybridized carbons (Fsp3) is 0.533. The van der Waals surface area contributed by atoms with Crippen LogP contribution in [0.25, 0.3) is 0 Å². The predicted molar refractivity (Wildman–Crippen MR) is 77.5 cm³/mol. The number of nitrogens with one attached hydrogen (secondary N) is 1. The van der Waals surface area contributed by atoms with Gasteiger partial charge in [-0.1, -0.05) is 66.7 Å². The summed E-state index contributed by atoms with van der Waals surface area (Å²) in [6.07, 6.45) is 0.713. The molecule has 2 nitrogen and oxygen atoms in total.